The summed E-state index contributed by atoms with van der Waals surface area (Å²) < 4.78 is 0. The second-order valence-corrected chi connectivity index (χ2v) is 12.5. The number of hydrogen-bond acceptors (Lipinski definition) is 6. The zero-order valence-corrected chi connectivity index (χ0v) is 27.7. The smallest absolute Gasteiger partial charge is 0.305 e. The van der Waals surface area contributed by atoms with Crippen LogP contribution in [0, 0.1) is 5.92 Å². The van der Waals surface area contributed by atoms with E-state index < -0.39 is 66.0 Å². The number of aromatic amines is 1. The maximum Gasteiger partial charge on any atom is 0.305 e. The quantitative estimate of drug-likeness (QED) is 0.134. The van der Waals surface area contributed by atoms with Crippen molar-refractivity contribution in [3.05, 3.63) is 84.1 Å². The average molecular weight is 681 g/mol. The highest BCUT2D eigenvalue weighted by molar-refractivity contribution is 5.97. The van der Waals surface area contributed by atoms with E-state index in [1.165, 1.54) is 0 Å². The summed E-state index contributed by atoms with van der Waals surface area (Å²) in [7, 11) is 0. The summed E-state index contributed by atoms with van der Waals surface area (Å²) in [5.74, 6) is -4.78. The minimum atomic E-state index is -1.45. The number of aromatic nitrogens is 1. The highest BCUT2D eigenvalue weighted by atomic mass is 16.4. The van der Waals surface area contributed by atoms with Crippen LogP contribution in [0.5, 0.6) is 0 Å². The number of benzene rings is 3. The minimum Gasteiger partial charge on any atom is -0.481 e. The Balaban J connectivity index is 1.48. The number of carboxylic acids is 1. The number of aliphatic carboxylic acids is 1. The third kappa shape index (κ3) is 8.59. The molecular weight excluding hydrogens is 640 g/mol. The van der Waals surface area contributed by atoms with Crippen LogP contribution in [-0.4, -0.2) is 88.4 Å². The summed E-state index contributed by atoms with van der Waals surface area (Å²) in [6.07, 6.45) is 2.25. The van der Waals surface area contributed by atoms with Crippen LogP contribution in [0.3, 0.4) is 0 Å². The van der Waals surface area contributed by atoms with E-state index in [0.717, 1.165) is 34.2 Å². The van der Waals surface area contributed by atoms with E-state index in [2.05, 4.69) is 32.6 Å². The second-order valence-electron chi connectivity index (χ2n) is 12.5. The first-order valence-corrected chi connectivity index (χ1v) is 16.4. The molecule has 0 bridgehead atoms. The number of piperidine rings is 1. The number of H-pyrrole nitrogens is 1. The van der Waals surface area contributed by atoms with Gasteiger partial charge >= 0.3 is 5.97 Å². The number of para-hydroxylation sites is 1. The Kier molecular flexibility index (Phi) is 11.4. The van der Waals surface area contributed by atoms with Gasteiger partial charge in [0.25, 0.3) is 0 Å². The number of hydrogen-bond donors (Lipinski definition) is 5. The van der Waals surface area contributed by atoms with Crippen LogP contribution in [0.4, 0.5) is 0 Å². The van der Waals surface area contributed by atoms with Crippen molar-refractivity contribution < 1.29 is 33.9 Å². The maximum absolute atomic E-state index is 14.3. The molecule has 0 saturated carbocycles. The van der Waals surface area contributed by atoms with Crippen LogP contribution in [-0.2, 0) is 41.6 Å². The first-order valence-electron chi connectivity index (χ1n) is 16.4. The molecule has 5 N–H and O–H groups in total. The lowest BCUT2D eigenvalue weighted by molar-refractivity contribution is -0.142. The molecule has 50 heavy (non-hydrogen) atoms. The highest BCUT2D eigenvalue weighted by Gasteiger charge is 2.35. The van der Waals surface area contributed by atoms with Gasteiger partial charge in [0, 0.05) is 50.0 Å². The van der Waals surface area contributed by atoms with Crippen LogP contribution >= 0.6 is 0 Å². The van der Waals surface area contributed by atoms with Crippen molar-refractivity contribution in [2.45, 2.75) is 57.2 Å². The third-order valence-corrected chi connectivity index (χ3v) is 8.96. The normalized spacial score (nSPS) is 16.2. The number of carbonyl (C=O) groups excluding carboxylic acids is 5. The van der Waals surface area contributed by atoms with Crippen LogP contribution in [0.15, 0.2) is 77.9 Å². The Morgan fingerprint density at radius 1 is 0.860 bits per heavy atom. The molecule has 0 aliphatic carbocycles. The Hall–Kier alpha value is -5.85. The van der Waals surface area contributed by atoms with E-state index in [1.54, 1.807) is 11.1 Å². The molecule has 2 heterocycles. The number of nitrogens with one attached hydrogen (secondary N) is 4. The predicted octanol–water partition coefficient (Wildman–Crippen LogP) is 2.52. The molecule has 260 valence electrons. The molecule has 0 radical (unpaired) electrons. The molecule has 4 aromatic rings. The van der Waals surface area contributed by atoms with Gasteiger partial charge in [-0.25, -0.2) is 4.99 Å². The van der Waals surface area contributed by atoms with Crippen LogP contribution < -0.4 is 16.0 Å². The van der Waals surface area contributed by atoms with Gasteiger partial charge in [-0.15, -0.1) is 0 Å². The van der Waals surface area contributed by atoms with Crippen LogP contribution in [0.2, 0.25) is 0 Å². The number of likely N-dealkylation sites (tertiary alicyclic amines) is 1. The molecule has 13 nitrogen and oxygen atoms in total. The lowest BCUT2D eigenvalue weighted by atomic mass is 9.94. The van der Waals surface area contributed by atoms with E-state index in [0.29, 0.717) is 24.9 Å². The molecule has 1 fully saturated rings. The Morgan fingerprint density at radius 3 is 2.26 bits per heavy atom. The van der Waals surface area contributed by atoms with Crippen molar-refractivity contribution in [3.63, 3.8) is 0 Å². The Morgan fingerprint density at radius 2 is 1.52 bits per heavy atom. The van der Waals surface area contributed by atoms with Crippen molar-refractivity contribution in [3.8, 4) is 0 Å². The molecule has 4 atom stereocenters. The molecular formula is C37H40N6O7. The van der Waals surface area contributed by atoms with Gasteiger partial charge in [-0.05, 0) is 47.5 Å². The molecule has 1 aliphatic heterocycles. The van der Waals surface area contributed by atoms with Crippen molar-refractivity contribution in [1.82, 2.24) is 25.8 Å². The SMILES string of the molecule is C=NC(=O)[C@@H]1CCCN(C(=O)[C@H](Cc2cccc3ccccc23)NC(=O)[C@H](Cc2c[nH]c3ccccc23)NC(=O)[C@H](CC(=O)O)NC(C)=O)C1. The second kappa shape index (κ2) is 16.0. The lowest BCUT2D eigenvalue weighted by Gasteiger charge is -2.34. The number of nitrogens with zero attached hydrogens (tertiary/aromatic N) is 2. The average Bonchev–Trinajstić information content (AvgIpc) is 3.52. The van der Waals surface area contributed by atoms with Crippen molar-refractivity contribution in [1.29, 1.82) is 0 Å². The van der Waals surface area contributed by atoms with Gasteiger partial charge in [0.1, 0.15) is 18.1 Å². The summed E-state index contributed by atoms with van der Waals surface area (Å²) in [5.41, 5.74) is 2.31. The first-order chi connectivity index (χ1) is 24.0. The standard InChI is InChI=1S/C37H40N6O7/c1-22(44)40-31(19-33(45)46)36(49)41-30(18-26-20-39-29-15-6-5-14-28(26)29)35(48)42-32(17-24-11-7-10-23-9-3-4-13-27(23)24)37(50)43-16-8-12-25(21-43)34(47)38-2/h3-7,9-11,13-15,20,25,30-32,39H,2,8,12,16-19,21H2,1H3,(H,40,44)(H,41,49)(H,42,48)(H,45,46)/t25-,30+,31+,32+/m1/s1. The molecule has 1 aromatic heterocycles. The summed E-state index contributed by atoms with van der Waals surface area (Å²) in [5, 5.41) is 20.0. The maximum atomic E-state index is 14.3. The minimum absolute atomic E-state index is 0.0120. The molecule has 0 spiro atoms. The van der Waals surface area contributed by atoms with Gasteiger partial charge in [0.2, 0.25) is 29.5 Å². The summed E-state index contributed by atoms with van der Waals surface area (Å²) in [6.45, 7) is 5.01. The van der Waals surface area contributed by atoms with Gasteiger partial charge in [0.05, 0.1) is 12.3 Å². The fourth-order valence-electron chi connectivity index (χ4n) is 6.52. The molecule has 5 rings (SSSR count). The Labute approximate surface area is 288 Å². The number of rotatable bonds is 13. The molecule has 3 aromatic carbocycles. The van der Waals surface area contributed by atoms with Crippen molar-refractivity contribution >= 4 is 63.9 Å². The van der Waals surface area contributed by atoms with E-state index >= 15 is 0 Å². The topological polar surface area (TPSA) is 190 Å². The van der Waals surface area contributed by atoms with E-state index in [4.69, 9.17) is 0 Å². The summed E-state index contributed by atoms with van der Waals surface area (Å²) >= 11 is 0. The predicted molar refractivity (Wildman–Crippen MR) is 187 cm³/mol. The summed E-state index contributed by atoms with van der Waals surface area (Å²) in [4.78, 5) is 86.1. The fourth-order valence-corrected chi connectivity index (χ4v) is 6.52. The summed E-state index contributed by atoms with van der Waals surface area (Å²) in [6, 6.07) is 17.0. The number of carboxylic acid groups (broad SMARTS) is 1. The zero-order valence-electron chi connectivity index (χ0n) is 27.7. The number of aliphatic imine (C=N–C) groups is 1. The molecule has 0 unspecified atom stereocenters. The van der Waals surface area contributed by atoms with Gasteiger partial charge in [-0.1, -0.05) is 60.7 Å². The molecule has 1 saturated heterocycles. The van der Waals surface area contributed by atoms with Crippen molar-refractivity contribution in [2.75, 3.05) is 13.1 Å². The monoisotopic (exact) mass is 680 g/mol. The van der Waals surface area contributed by atoms with Crippen LogP contribution in [0.1, 0.15) is 37.3 Å². The van der Waals surface area contributed by atoms with Gasteiger partial charge in [-0.2, -0.15) is 0 Å². The van der Waals surface area contributed by atoms with E-state index in [1.807, 2.05) is 66.7 Å². The van der Waals surface area contributed by atoms with Crippen molar-refractivity contribution in [2.24, 2.45) is 10.9 Å². The number of amides is 5. The van der Waals surface area contributed by atoms with Crippen LogP contribution in [0.25, 0.3) is 21.7 Å². The molecule has 1 aliphatic rings. The first kappa shape index (κ1) is 35.5. The molecule has 5 amide bonds. The fraction of sp³-hybridized carbons (Fsp3) is 0.324. The Bertz CT molecular complexity index is 1920. The van der Waals surface area contributed by atoms with Gasteiger partial charge < -0.3 is 30.9 Å². The van der Waals surface area contributed by atoms with E-state index in [9.17, 15) is 33.9 Å². The largest absolute Gasteiger partial charge is 0.481 e. The highest BCUT2D eigenvalue weighted by Crippen LogP contribution is 2.24. The van der Waals surface area contributed by atoms with Gasteiger partial charge in [-0.3, -0.25) is 28.8 Å². The van der Waals surface area contributed by atoms with E-state index in [-0.39, 0.29) is 19.4 Å². The number of carbonyl (C=O) groups is 6. The lowest BCUT2D eigenvalue weighted by Crippen LogP contribution is -2.59. The zero-order chi connectivity index (χ0) is 35.8. The third-order valence-electron chi connectivity index (χ3n) is 8.96. The number of fused-ring (bicyclic) bond motifs is 2. The van der Waals surface area contributed by atoms with Gasteiger partial charge in [0.15, 0.2) is 0 Å². The molecule has 13 heteroatoms.